The van der Waals surface area contributed by atoms with Gasteiger partial charge in [-0.15, -0.1) is 0 Å². The van der Waals surface area contributed by atoms with Crippen LogP contribution < -0.4 is 10.2 Å². The molecule has 0 radical (unpaired) electrons. The minimum absolute atomic E-state index is 0.168. The molecule has 3 nitrogen and oxygen atoms in total. The monoisotopic (exact) mass is 285 g/mol. The van der Waals surface area contributed by atoms with Crippen molar-refractivity contribution in [1.82, 2.24) is 5.48 Å². The van der Waals surface area contributed by atoms with Crippen LogP contribution >= 0.6 is 15.9 Å². The maximum Gasteiger partial charge on any atom is 0.139 e. The van der Waals surface area contributed by atoms with Crippen LogP contribution in [-0.4, -0.2) is 12.7 Å². The van der Waals surface area contributed by atoms with E-state index < -0.39 is 0 Å². The van der Waals surface area contributed by atoms with Crippen LogP contribution in [0.4, 0.5) is 0 Å². The van der Waals surface area contributed by atoms with E-state index in [0.29, 0.717) is 0 Å². The SMILES string of the molecule is CONC1CC(C)(C)Oc2c(Br)cccc21. The Bertz CT molecular complexity index is 393. The molecule has 0 saturated heterocycles. The van der Waals surface area contributed by atoms with E-state index >= 15 is 0 Å². The summed E-state index contributed by atoms with van der Waals surface area (Å²) in [6.45, 7) is 4.17. The van der Waals surface area contributed by atoms with Crippen molar-refractivity contribution in [1.29, 1.82) is 0 Å². The van der Waals surface area contributed by atoms with Gasteiger partial charge in [0.25, 0.3) is 0 Å². The third-order valence-corrected chi connectivity index (χ3v) is 3.33. The number of benzene rings is 1. The number of ether oxygens (including phenoxy) is 1. The van der Waals surface area contributed by atoms with Crippen LogP contribution in [0, 0.1) is 0 Å². The molecule has 4 heteroatoms. The summed E-state index contributed by atoms with van der Waals surface area (Å²) < 4.78 is 6.97. The van der Waals surface area contributed by atoms with Gasteiger partial charge in [0.15, 0.2) is 0 Å². The summed E-state index contributed by atoms with van der Waals surface area (Å²) in [6.07, 6.45) is 0.879. The molecule has 0 spiro atoms. The Morgan fingerprint density at radius 2 is 2.25 bits per heavy atom. The Balaban J connectivity index is 2.42. The Morgan fingerprint density at radius 3 is 2.94 bits per heavy atom. The number of nitrogens with one attached hydrogen (secondary N) is 1. The van der Waals surface area contributed by atoms with Crippen LogP contribution in [0.3, 0.4) is 0 Å². The van der Waals surface area contributed by atoms with Crippen molar-refractivity contribution in [3.63, 3.8) is 0 Å². The lowest BCUT2D eigenvalue weighted by Crippen LogP contribution is -2.39. The highest BCUT2D eigenvalue weighted by molar-refractivity contribution is 9.10. The summed E-state index contributed by atoms with van der Waals surface area (Å²) in [5.41, 5.74) is 3.97. The smallest absolute Gasteiger partial charge is 0.139 e. The van der Waals surface area contributed by atoms with Gasteiger partial charge >= 0.3 is 0 Å². The van der Waals surface area contributed by atoms with Crippen molar-refractivity contribution in [3.05, 3.63) is 28.2 Å². The Morgan fingerprint density at radius 1 is 1.50 bits per heavy atom. The van der Waals surface area contributed by atoms with Crippen LogP contribution in [0.2, 0.25) is 0 Å². The van der Waals surface area contributed by atoms with Gasteiger partial charge in [-0.2, -0.15) is 5.48 Å². The zero-order valence-corrected chi connectivity index (χ0v) is 11.3. The van der Waals surface area contributed by atoms with Crippen LogP contribution in [0.25, 0.3) is 0 Å². The Hall–Kier alpha value is -0.580. The number of hydroxylamine groups is 1. The molecule has 1 unspecified atom stereocenters. The van der Waals surface area contributed by atoms with E-state index in [4.69, 9.17) is 9.57 Å². The number of rotatable bonds is 2. The van der Waals surface area contributed by atoms with Crippen LogP contribution in [0.15, 0.2) is 22.7 Å². The van der Waals surface area contributed by atoms with E-state index in [0.717, 1.165) is 22.2 Å². The second-order valence-corrected chi connectivity index (χ2v) is 5.45. The molecule has 2 rings (SSSR count). The zero-order valence-electron chi connectivity index (χ0n) is 9.71. The summed E-state index contributed by atoms with van der Waals surface area (Å²) in [5.74, 6) is 0.910. The van der Waals surface area contributed by atoms with Crippen molar-refractivity contribution in [2.24, 2.45) is 0 Å². The lowest BCUT2D eigenvalue weighted by molar-refractivity contribution is 0.00254. The highest BCUT2D eigenvalue weighted by Crippen LogP contribution is 2.43. The minimum atomic E-state index is -0.187. The maximum atomic E-state index is 5.98. The fraction of sp³-hybridized carbons (Fsp3) is 0.500. The quantitative estimate of drug-likeness (QED) is 0.847. The van der Waals surface area contributed by atoms with Gasteiger partial charge in [-0.25, -0.2) is 0 Å². The van der Waals surface area contributed by atoms with E-state index in [2.05, 4.69) is 41.3 Å². The molecule has 0 aliphatic carbocycles. The largest absolute Gasteiger partial charge is 0.486 e. The molecule has 1 aliphatic rings. The molecule has 0 saturated carbocycles. The molecule has 0 bridgehead atoms. The summed E-state index contributed by atoms with van der Waals surface area (Å²) in [5, 5.41) is 0. The number of hydrogen-bond donors (Lipinski definition) is 1. The van der Waals surface area contributed by atoms with Gasteiger partial charge in [0.05, 0.1) is 17.6 Å². The molecule has 0 fully saturated rings. The van der Waals surface area contributed by atoms with Gasteiger partial charge in [0.1, 0.15) is 11.4 Å². The maximum absolute atomic E-state index is 5.98. The average Bonchev–Trinajstić information content (AvgIpc) is 2.19. The van der Waals surface area contributed by atoms with E-state index in [9.17, 15) is 0 Å². The molecule has 1 N–H and O–H groups in total. The van der Waals surface area contributed by atoms with Gasteiger partial charge in [-0.3, -0.25) is 0 Å². The molecule has 1 aromatic carbocycles. The van der Waals surface area contributed by atoms with E-state index in [1.54, 1.807) is 7.11 Å². The van der Waals surface area contributed by atoms with Gasteiger partial charge in [-0.05, 0) is 35.8 Å². The highest BCUT2D eigenvalue weighted by Gasteiger charge is 2.34. The predicted octanol–water partition coefficient (Wildman–Crippen LogP) is 3.20. The number of para-hydroxylation sites is 1. The number of halogens is 1. The first-order chi connectivity index (χ1) is 7.53. The lowest BCUT2D eigenvalue weighted by Gasteiger charge is -2.37. The molecule has 1 aliphatic heterocycles. The van der Waals surface area contributed by atoms with E-state index in [-0.39, 0.29) is 11.6 Å². The summed E-state index contributed by atoms with van der Waals surface area (Å²) in [4.78, 5) is 5.05. The van der Waals surface area contributed by atoms with Crippen LogP contribution in [-0.2, 0) is 4.84 Å². The van der Waals surface area contributed by atoms with Crippen molar-refractivity contribution in [2.75, 3.05) is 7.11 Å². The van der Waals surface area contributed by atoms with Gasteiger partial charge in [0, 0.05) is 12.0 Å². The Labute approximate surface area is 104 Å². The second-order valence-electron chi connectivity index (χ2n) is 4.60. The molecule has 1 aromatic rings. The second kappa shape index (κ2) is 4.35. The number of fused-ring (bicyclic) bond motifs is 1. The lowest BCUT2D eigenvalue weighted by atomic mass is 9.90. The highest BCUT2D eigenvalue weighted by atomic mass is 79.9. The normalized spacial score (nSPS) is 22.4. The number of hydrogen-bond acceptors (Lipinski definition) is 3. The first-order valence-electron chi connectivity index (χ1n) is 5.29. The molecule has 16 heavy (non-hydrogen) atoms. The minimum Gasteiger partial charge on any atom is -0.486 e. The summed E-state index contributed by atoms with van der Waals surface area (Å²) in [6, 6.07) is 6.23. The van der Waals surface area contributed by atoms with Gasteiger partial charge in [-0.1, -0.05) is 12.1 Å². The average molecular weight is 286 g/mol. The van der Waals surface area contributed by atoms with E-state index in [1.165, 1.54) is 0 Å². The topological polar surface area (TPSA) is 30.5 Å². The standard InChI is InChI=1S/C12H16BrNO2/c1-12(2)7-10(14-15-3)8-5-4-6-9(13)11(8)16-12/h4-6,10,14H,7H2,1-3H3. The Kier molecular flexibility index (Phi) is 3.24. The third-order valence-electron chi connectivity index (χ3n) is 2.71. The molecular formula is C12H16BrNO2. The summed E-state index contributed by atoms with van der Waals surface area (Å²) in [7, 11) is 1.64. The first kappa shape index (κ1) is 11.9. The van der Waals surface area contributed by atoms with Crippen molar-refractivity contribution >= 4 is 15.9 Å². The summed E-state index contributed by atoms with van der Waals surface area (Å²) >= 11 is 3.52. The molecule has 0 aromatic heterocycles. The van der Waals surface area contributed by atoms with Crippen LogP contribution in [0.5, 0.6) is 5.75 Å². The van der Waals surface area contributed by atoms with E-state index in [1.807, 2.05) is 12.1 Å². The molecule has 88 valence electrons. The van der Waals surface area contributed by atoms with Crippen LogP contribution in [0.1, 0.15) is 31.9 Å². The fourth-order valence-corrected chi connectivity index (χ4v) is 2.54. The van der Waals surface area contributed by atoms with Gasteiger partial charge in [0.2, 0.25) is 0 Å². The van der Waals surface area contributed by atoms with Gasteiger partial charge < -0.3 is 9.57 Å². The predicted molar refractivity (Wildman–Crippen MR) is 66.4 cm³/mol. The molecule has 1 heterocycles. The van der Waals surface area contributed by atoms with Crippen molar-refractivity contribution in [2.45, 2.75) is 31.9 Å². The van der Waals surface area contributed by atoms with Crippen molar-refractivity contribution in [3.8, 4) is 5.75 Å². The first-order valence-corrected chi connectivity index (χ1v) is 6.09. The third kappa shape index (κ3) is 2.24. The van der Waals surface area contributed by atoms with Crippen molar-refractivity contribution < 1.29 is 9.57 Å². The molecular weight excluding hydrogens is 270 g/mol. The zero-order chi connectivity index (χ0) is 11.8. The molecule has 1 atom stereocenters. The molecule has 0 amide bonds. The fourth-order valence-electron chi connectivity index (χ4n) is 2.07.